The summed E-state index contributed by atoms with van der Waals surface area (Å²) in [5.74, 6) is -0.756. The summed E-state index contributed by atoms with van der Waals surface area (Å²) in [6.07, 6.45) is 5.66. The summed E-state index contributed by atoms with van der Waals surface area (Å²) in [7, 11) is 0. The van der Waals surface area contributed by atoms with Gasteiger partial charge in [-0.1, -0.05) is 51.8 Å². The molecule has 0 saturated carbocycles. The number of benzene rings is 1. The predicted octanol–water partition coefficient (Wildman–Crippen LogP) is 4.01. The molecule has 0 spiro atoms. The summed E-state index contributed by atoms with van der Waals surface area (Å²) in [5, 5.41) is 3.67. The standard InChI is InChI=1S/C27H29ClN4O3/c1-5-9-21-22(26(34)32(29-21)20-12-7-11-19(28)14-20)23-24(30-13-8-10-18(6-2)16-30)27(35)31(25(23)33)15-17(3)4/h7-8,10-14,16-17H,5-6,9,15H2,1-4H3/p+1. The minimum Gasteiger partial charge on any atom is -0.294 e. The summed E-state index contributed by atoms with van der Waals surface area (Å²) in [6.45, 7) is 8.20. The van der Waals surface area contributed by atoms with E-state index in [1.165, 1.54) is 9.58 Å². The van der Waals surface area contributed by atoms with Crippen LogP contribution >= 0.6 is 11.6 Å². The molecule has 0 atom stereocenters. The lowest BCUT2D eigenvalue weighted by molar-refractivity contribution is -0.577. The Hall–Kier alpha value is -3.45. The lowest BCUT2D eigenvalue weighted by Gasteiger charge is -2.16. The number of imide groups is 1. The number of hydrogen-bond donors (Lipinski definition) is 1. The van der Waals surface area contributed by atoms with Crippen LogP contribution in [0.5, 0.6) is 0 Å². The highest BCUT2D eigenvalue weighted by atomic mass is 35.5. The Morgan fingerprint density at radius 1 is 1.06 bits per heavy atom. The molecule has 8 heteroatoms. The van der Waals surface area contributed by atoms with E-state index in [9.17, 15) is 14.4 Å². The van der Waals surface area contributed by atoms with Gasteiger partial charge in [0.1, 0.15) is 5.57 Å². The quantitative estimate of drug-likeness (QED) is 0.380. The first-order chi connectivity index (χ1) is 16.8. The number of carbonyl (C=O) groups is 2. The van der Waals surface area contributed by atoms with E-state index in [1.54, 1.807) is 35.0 Å². The van der Waals surface area contributed by atoms with Crippen LogP contribution in [0.3, 0.4) is 0 Å². The van der Waals surface area contributed by atoms with Crippen molar-refractivity contribution in [2.24, 2.45) is 5.92 Å². The normalized spacial score (nSPS) is 14.1. The van der Waals surface area contributed by atoms with Crippen LogP contribution in [0.25, 0.3) is 17.0 Å². The van der Waals surface area contributed by atoms with Crippen molar-refractivity contribution in [2.45, 2.75) is 47.0 Å². The molecule has 3 heterocycles. The number of hydrogen-bond acceptors (Lipinski definition) is 3. The number of aromatic amines is 1. The topological polar surface area (TPSA) is 79.1 Å². The van der Waals surface area contributed by atoms with Gasteiger partial charge in [0, 0.05) is 28.9 Å². The Labute approximate surface area is 209 Å². The zero-order chi connectivity index (χ0) is 25.3. The van der Waals surface area contributed by atoms with Crippen molar-refractivity contribution < 1.29 is 14.2 Å². The highest BCUT2D eigenvalue weighted by Crippen LogP contribution is 2.31. The lowest BCUT2D eigenvalue weighted by atomic mass is 10.0. The molecule has 0 fully saturated rings. The smallest absolute Gasteiger partial charge is 0.294 e. The number of amides is 2. The minimum atomic E-state index is -0.445. The molecular weight excluding hydrogens is 464 g/mol. The number of halogens is 1. The molecule has 2 aromatic heterocycles. The molecule has 0 radical (unpaired) electrons. The molecule has 0 aliphatic carbocycles. The van der Waals surface area contributed by atoms with Crippen molar-refractivity contribution in [1.82, 2.24) is 14.7 Å². The number of nitrogens with one attached hydrogen (secondary N) is 1. The minimum absolute atomic E-state index is 0.0833. The van der Waals surface area contributed by atoms with E-state index in [-0.39, 0.29) is 34.9 Å². The zero-order valence-corrected chi connectivity index (χ0v) is 21.2. The Bertz CT molecular complexity index is 1380. The van der Waals surface area contributed by atoms with E-state index in [0.717, 1.165) is 18.4 Å². The van der Waals surface area contributed by atoms with Crippen molar-refractivity contribution in [3.8, 4) is 5.69 Å². The van der Waals surface area contributed by atoms with E-state index in [1.807, 2.05) is 46.0 Å². The maximum absolute atomic E-state index is 13.8. The van der Waals surface area contributed by atoms with E-state index >= 15 is 0 Å². The van der Waals surface area contributed by atoms with Crippen molar-refractivity contribution in [3.05, 3.63) is 81.0 Å². The second kappa shape index (κ2) is 10.0. The fourth-order valence-electron chi connectivity index (χ4n) is 4.40. The highest BCUT2D eigenvalue weighted by molar-refractivity contribution is 6.44. The Balaban J connectivity index is 2.01. The number of pyridine rings is 1. The Kier molecular flexibility index (Phi) is 7.08. The average Bonchev–Trinajstić information content (AvgIpc) is 3.27. The maximum atomic E-state index is 13.8. The van der Waals surface area contributed by atoms with Gasteiger partial charge < -0.3 is 0 Å². The van der Waals surface area contributed by atoms with Crippen LogP contribution < -0.4 is 10.1 Å². The van der Waals surface area contributed by atoms with Crippen LogP contribution in [0.1, 0.15) is 50.9 Å². The second-order valence-electron chi connectivity index (χ2n) is 9.15. The molecule has 0 unspecified atom stereocenters. The highest BCUT2D eigenvalue weighted by Gasteiger charge is 2.47. The third kappa shape index (κ3) is 4.60. The third-order valence-electron chi connectivity index (χ3n) is 6.00. The molecule has 4 rings (SSSR count). The predicted molar refractivity (Wildman–Crippen MR) is 136 cm³/mol. The second-order valence-corrected chi connectivity index (χ2v) is 9.58. The van der Waals surface area contributed by atoms with Crippen LogP contribution in [0, 0.1) is 5.92 Å². The van der Waals surface area contributed by atoms with Crippen molar-refractivity contribution in [3.63, 3.8) is 0 Å². The fraction of sp³-hybridized carbons (Fsp3) is 0.333. The Morgan fingerprint density at radius 2 is 1.83 bits per heavy atom. The summed E-state index contributed by atoms with van der Waals surface area (Å²) in [4.78, 5) is 42.4. The zero-order valence-electron chi connectivity index (χ0n) is 20.5. The van der Waals surface area contributed by atoms with E-state index in [4.69, 9.17) is 11.6 Å². The molecule has 182 valence electrons. The molecule has 7 nitrogen and oxygen atoms in total. The molecule has 1 N–H and O–H groups in total. The van der Waals surface area contributed by atoms with Gasteiger partial charge in [-0.2, -0.15) is 4.57 Å². The number of nitrogens with zero attached hydrogens (tertiary/aromatic N) is 3. The van der Waals surface area contributed by atoms with Gasteiger partial charge in [-0.05, 0) is 43.0 Å². The molecular formula is C27H30ClN4O3+. The van der Waals surface area contributed by atoms with Gasteiger partial charge in [-0.25, -0.2) is 4.68 Å². The number of aromatic nitrogens is 3. The molecule has 3 aromatic rings. The van der Waals surface area contributed by atoms with Crippen LogP contribution in [0.15, 0.2) is 53.6 Å². The van der Waals surface area contributed by atoms with Gasteiger partial charge in [0.2, 0.25) is 0 Å². The molecule has 1 aromatic carbocycles. The lowest BCUT2D eigenvalue weighted by Crippen LogP contribution is -2.41. The van der Waals surface area contributed by atoms with Crippen LogP contribution in [0.4, 0.5) is 0 Å². The molecule has 0 saturated heterocycles. The first-order valence-electron chi connectivity index (χ1n) is 12.0. The van der Waals surface area contributed by atoms with E-state index in [0.29, 0.717) is 22.8 Å². The van der Waals surface area contributed by atoms with Gasteiger partial charge in [0.25, 0.3) is 17.2 Å². The maximum Gasteiger partial charge on any atom is 0.326 e. The SMILES string of the molecule is CCCc1[nH]n(-c2cccc(Cl)c2)c(=O)c1C1=C([n+]2cccc(CC)c2)C(=O)N(CC(C)C)C1=O. The first-order valence-corrected chi connectivity index (χ1v) is 12.4. The van der Waals surface area contributed by atoms with Crippen LogP contribution in [-0.2, 0) is 22.4 Å². The summed E-state index contributed by atoms with van der Waals surface area (Å²) in [6, 6.07) is 10.8. The van der Waals surface area contributed by atoms with Crippen molar-refractivity contribution in [1.29, 1.82) is 0 Å². The van der Waals surface area contributed by atoms with E-state index in [2.05, 4.69) is 5.10 Å². The van der Waals surface area contributed by atoms with Gasteiger partial charge in [0.15, 0.2) is 12.4 Å². The van der Waals surface area contributed by atoms with Gasteiger partial charge in [-0.3, -0.25) is 24.4 Å². The van der Waals surface area contributed by atoms with Crippen molar-refractivity contribution in [2.75, 3.05) is 6.54 Å². The molecule has 2 amide bonds. The first kappa shape index (κ1) is 24.7. The number of H-pyrrole nitrogens is 1. The van der Waals surface area contributed by atoms with Crippen molar-refractivity contribution >= 4 is 34.7 Å². The molecule has 0 bridgehead atoms. The molecule has 1 aliphatic heterocycles. The monoisotopic (exact) mass is 493 g/mol. The van der Waals surface area contributed by atoms with E-state index < -0.39 is 11.8 Å². The summed E-state index contributed by atoms with van der Waals surface area (Å²) in [5.41, 5.74) is 2.39. The molecule has 35 heavy (non-hydrogen) atoms. The fourth-order valence-corrected chi connectivity index (χ4v) is 4.58. The van der Waals surface area contributed by atoms with Crippen LogP contribution in [0.2, 0.25) is 5.02 Å². The Morgan fingerprint density at radius 3 is 2.49 bits per heavy atom. The number of aryl methyl sites for hydroxylation is 2. The summed E-state index contributed by atoms with van der Waals surface area (Å²) < 4.78 is 3.08. The summed E-state index contributed by atoms with van der Waals surface area (Å²) >= 11 is 6.18. The van der Waals surface area contributed by atoms with Gasteiger partial charge >= 0.3 is 5.91 Å². The van der Waals surface area contributed by atoms with Gasteiger partial charge in [0.05, 0.1) is 11.3 Å². The average molecular weight is 494 g/mol. The third-order valence-corrected chi connectivity index (χ3v) is 6.24. The van der Waals surface area contributed by atoms with Crippen LogP contribution in [-0.4, -0.2) is 33.0 Å². The molecule has 1 aliphatic rings. The number of carbonyl (C=O) groups excluding carboxylic acids is 2. The number of rotatable bonds is 8. The van der Waals surface area contributed by atoms with Gasteiger partial charge in [-0.15, -0.1) is 0 Å². The largest absolute Gasteiger partial charge is 0.326 e.